The van der Waals surface area contributed by atoms with E-state index >= 15 is 0 Å². The minimum atomic E-state index is -0.684. The zero-order valence-corrected chi connectivity index (χ0v) is 10.8. The van der Waals surface area contributed by atoms with Gasteiger partial charge in [0.25, 0.3) is 0 Å². The van der Waals surface area contributed by atoms with E-state index in [4.69, 9.17) is 4.42 Å². The van der Waals surface area contributed by atoms with Crippen molar-refractivity contribution in [1.82, 2.24) is 9.88 Å². The van der Waals surface area contributed by atoms with Crippen LogP contribution in [0.25, 0.3) is 0 Å². The van der Waals surface area contributed by atoms with E-state index in [1.54, 1.807) is 13.8 Å². The second-order valence-corrected chi connectivity index (χ2v) is 5.30. The lowest BCUT2D eigenvalue weighted by atomic mass is 10.1. The van der Waals surface area contributed by atoms with E-state index in [2.05, 4.69) is 18.8 Å². The molecule has 0 aliphatic carbocycles. The van der Waals surface area contributed by atoms with Crippen molar-refractivity contribution < 1.29 is 9.52 Å². The summed E-state index contributed by atoms with van der Waals surface area (Å²) in [6.07, 6.45) is 1.49. The molecule has 0 bridgehead atoms. The number of oxazole rings is 1. The molecule has 1 aromatic heterocycles. The summed E-state index contributed by atoms with van der Waals surface area (Å²) >= 11 is 0. The lowest BCUT2D eigenvalue weighted by Gasteiger charge is -2.25. The Morgan fingerprint density at radius 2 is 2.12 bits per heavy atom. The van der Waals surface area contributed by atoms with Gasteiger partial charge in [0.05, 0.1) is 11.3 Å². The highest BCUT2D eigenvalue weighted by Crippen LogP contribution is 2.19. The van der Waals surface area contributed by atoms with Crippen LogP contribution in [0.5, 0.6) is 0 Å². The number of likely N-dealkylation sites (N-methyl/N-ethyl adjacent to an activating group) is 1. The van der Waals surface area contributed by atoms with E-state index in [9.17, 15) is 5.11 Å². The molecule has 1 rings (SSSR count). The van der Waals surface area contributed by atoms with E-state index in [0.29, 0.717) is 19.0 Å². The summed E-state index contributed by atoms with van der Waals surface area (Å²) in [6, 6.07) is 0. The molecule has 16 heavy (non-hydrogen) atoms. The number of aliphatic hydroxyl groups is 1. The van der Waals surface area contributed by atoms with Gasteiger partial charge >= 0.3 is 0 Å². The summed E-state index contributed by atoms with van der Waals surface area (Å²) in [5, 5.41) is 9.71. The zero-order chi connectivity index (χ0) is 12.3. The number of rotatable bonds is 5. The summed E-state index contributed by atoms with van der Waals surface area (Å²) < 4.78 is 5.36. The van der Waals surface area contributed by atoms with Gasteiger partial charge in [0.1, 0.15) is 5.76 Å². The van der Waals surface area contributed by atoms with Crippen molar-refractivity contribution in [3.63, 3.8) is 0 Å². The minimum Gasteiger partial charge on any atom is -0.448 e. The summed E-state index contributed by atoms with van der Waals surface area (Å²) in [4.78, 5) is 6.26. The molecule has 0 aliphatic heterocycles. The molecule has 0 radical (unpaired) electrons. The number of aromatic nitrogens is 1. The molecule has 0 aromatic carbocycles. The van der Waals surface area contributed by atoms with Crippen LogP contribution in [0.4, 0.5) is 0 Å². The molecule has 0 saturated carbocycles. The van der Waals surface area contributed by atoms with Gasteiger partial charge in [0, 0.05) is 19.0 Å². The van der Waals surface area contributed by atoms with Crippen molar-refractivity contribution in [3.8, 4) is 0 Å². The third kappa shape index (κ3) is 3.94. The van der Waals surface area contributed by atoms with Gasteiger partial charge in [0.15, 0.2) is 6.39 Å². The molecule has 0 saturated heterocycles. The average Bonchev–Trinajstić information content (AvgIpc) is 2.47. The van der Waals surface area contributed by atoms with Crippen molar-refractivity contribution >= 4 is 0 Å². The molecule has 0 amide bonds. The second-order valence-electron chi connectivity index (χ2n) is 5.30. The minimum absolute atomic E-state index is 0.341. The molecule has 0 atom stereocenters. The maximum Gasteiger partial charge on any atom is 0.181 e. The fraction of sp³-hybridized carbons (Fsp3) is 0.750. The highest BCUT2D eigenvalue weighted by molar-refractivity contribution is 5.10. The monoisotopic (exact) mass is 226 g/mol. The van der Waals surface area contributed by atoms with Crippen molar-refractivity contribution in [2.75, 3.05) is 13.6 Å². The van der Waals surface area contributed by atoms with Gasteiger partial charge in [-0.1, -0.05) is 13.8 Å². The predicted octanol–water partition coefficient (Wildman–Crippen LogP) is 2.00. The Morgan fingerprint density at radius 3 is 2.62 bits per heavy atom. The Hall–Kier alpha value is -0.870. The fourth-order valence-corrected chi connectivity index (χ4v) is 1.84. The molecule has 0 aliphatic rings. The fourth-order valence-electron chi connectivity index (χ4n) is 1.84. The Bertz CT molecular complexity index is 326. The SMILES string of the molecule is CC(C)c1ocnc1CN(C)CC(C)(C)O. The lowest BCUT2D eigenvalue weighted by molar-refractivity contribution is 0.0420. The highest BCUT2D eigenvalue weighted by atomic mass is 16.3. The van der Waals surface area contributed by atoms with Crippen LogP contribution in [0.1, 0.15) is 45.1 Å². The van der Waals surface area contributed by atoms with Crippen LogP contribution in [0.3, 0.4) is 0 Å². The summed E-state index contributed by atoms with van der Waals surface area (Å²) in [5.41, 5.74) is 0.276. The molecule has 1 aromatic rings. The topological polar surface area (TPSA) is 49.5 Å². The average molecular weight is 226 g/mol. The molecule has 4 heteroatoms. The largest absolute Gasteiger partial charge is 0.448 e. The quantitative estimate of drug-likeness (QED) is 0.834. The van der Waals surface area contributed by atoms with Gasteiger partial charge in [-0.2, -0.15) is 0 Å². The first-order valence-electron chi connectivity index (χ1n) is 5.63. The predicted molar refractivity (Wildman–Crippen MR) is 63.2 cm³/mol. The lowest BCUT2D eigenvalue weighted by Crippen LogP contribution is -2.36. The molecule has 0 spiro atoms. The van der Waals surface area contributed by atoms with E-state index in [1.807, 2.05) is 11.9 Å². The third-order valence-electron chi connectivity index (χ3n) is 2.27. The van der Waals surface area contributed by atoms with Crippen LogP contribution in [-0.4, -0.2) is 34.2 Å². The second kappa shape index (κ2) is 4.97. The van der Waals surface area contributed by atoms with Crippen LogP contribution in [-0.2, 0) is 6.54 Å². The molecule has 0 fully saturated rings. The van der Waals surface area contributed by atoms with E-state index in [0.717, 1.165) is 11.5 Å². The highest BCUT2D eigenvalue weighted by Gasteiger charge is 2.18. The first-order chi connectivity index (χ1) is 7.29. The van der Waals surface area contributed by atoms with E-state index < -0.39 is 5.60 Å². The van der Waals surface area contributed by atoms with Crippen LogP contribution >= 0.6 is 0 Å². The molecule has 0 unspecified atom stereocenters. The van der Waals surface area contributed by atoms with Gasteiger partial charge in [-0.3, -0.25) is 4.90 Å². The Labute approximate surface area is 97.3 Å². The maximum absolute atomic E-state index is 9.71. The number of nitrogens with zero attached hydrogens (tertiary/aromatic N) is 2. The maximum atomic E-state index is 9.71. The molecule has 1 N–H and O–H groups in total. The normalized spacial score (nSPS) is 12.8. The Balaban J connectivity index is 2.63. The molecular formula is C12H22N2O2. The van der Waals surface area contributed by atoms with Crippen LogP contribution in [0, 0.1) is 0 Å². The van der Waals surface area contributed by atoms with Gasteiger partial charge in [-0.15, -0.1) is 0 Å². The summed E-state index contributed by atoms with van der Waals surface area (Å²) in [7, 11) is 1.97. The van der Waals surface area contributed by atoms with Gasteiger partial charge in [0.2, 0.25) is 0 Å². The number of hydrogen-bond donors (Lipinski definition) is 1. The number of hydrogen-bond acceptors (Lipinski definition) is 4. The van der Waals surface area contributed by atoms with Crippen LogP contribution in [0.2, 0.25) is 0 Å². The van der Waals surface area contributed by atoms with Crippen molar-refractivity contribution in [1.29, 1.82) is 0 Å². The first-order valence-corrected chi connectivity index (χ1v) is 5.63. The summed E-state index contributed by atoms with van der Waals surface area (Å²) in [5.74, 6) is 1.27. The smallest absolute Gasteiger partial charge is 0.181 e. The molecule has 1 heterocycles. The van der Waals surface area contributed by atoms with Gasteiger partial charge in [-0.25, -0.2) is 4.98 Å². The van der Waals surface area contributed by atoms with E-state index in [-0.39, 0.29) is 0 Å². The molecule has 4 nitrogen and oxygen atoms in total. The van der Waals surface area contributed by atoms with Crippen molar-refractivity contribution in [3.05, 3.63) is 17.8 Å². The zero-order valence-electron chi connectivity index (χ0n) is 10.8. The van der Waals surface area contributed by atoms with E-state index in [1.165, 1.54) is 6.39 Å². The molecule has 92 valence electrons. The van der Waals surface area contributed by atoms with Crippen LogP contribution in [0.15, 0.2) is 10.8 Å². The van der Waals surface area contributed by atoms with Crippen LogP contribution < -0.4 is 0 Å². The Morgan fingerprint density at radius 1 is 1.50 bits per heavy atom. The third-order valence-corrected chi connectivity index (χ3v) is 2.27. The van der Waals surface area contributed by atoms with Crippen molar-refractivity contribution in [2.45, 2.75) is 45.8 Å². The van der Waals surface area contributed by atoms with Gasteiger partial charge in [-0.05, 0) is 20.9 Å². The summed E-state index contributed by atoms with van der Waals surface area (Å²) in [6.45, 7) is 9.08. The standard InChI is InChI=1S/C12H22N2O2/c1-9(2)11-10(13-8-16-11)6-14(5)7-12(3,4)15/h8-9,15H,6-7H2,1-5H3. The molecular weight excluding hydrogens is 204 g/mol. The van der Waals surface area contributed by atoms with Crippen molar-refractivity contribution in [2.24, 2.45) is 0 Å². The Kier molecular flexibility index (Phi) is 4.10. The first kappa shape index (κ1) is 13.2. The van der Waals surface area contributed by atoms with Gasteiger partial charge < -0.3 is 9.52 Å².